The third kappa shape index (κ3) is 14.2. The summed E-state index contributed by atoms with van der Waals surface area (Å²) in [6.07, 6.45) is -0.447. The number of aryl methyl sites for hydroxylation is 1. The Labute approximate surface area is 232 Å². The van der Waals surface area contributed by atoms with Crippen LogP contribution in [0.1, 0.15) is 12.0 Å². The van der Waals surface area contributed by atoms with Crippen molar-refractivity contribution >= 4 is 23.9 Å². The molecule has 14 heteroatoms. The lowest BCUT2D eigenvalue weighted by Gasteiger charge is -2.33. The molecule has 5 N–H and O–H groups in total. The van der Waals surface area contributed by atoms with E-state index in [4.69, 9.17) is 9.84 Å². The molecule has 0 radical (unpaired) electrons. The number of aliphatic hydroxyl groups is 1. The van der Waals surface area contributed by atoms with Crippen molar-refractivity contribution in [3.63, 3.8) is 0 Å². The Kier molecular flexibility index (Phi) is 14.3. The van der Waals surface area contributed by atoms with Gasteiger partial charge in [-0.05, 0) is 24.1 Å². The van der Waals surface area contributed by atoms with Crippen LogP contribution in [-0.4, -0.2) is 160 Å². The Balaban J connectivity index is 2.01. The minimum atomic E-state index is -1.02. The number of hydrogen-bond donors (Lipinski definition) is 5. The number of benzene rings is 1. The summed E-state index contributed by atoms with van der Waals surface area (Å²) in [4.78, 5) is 51.9. The van der Waals surface area contributed by atoms with Gasteiger partial charge in [-0.15, -0.1) is 0 Å². The van der Waals surface area contributed by atoms with E-state index in [0.29, 0.717) is 64.5 Å². The number of carbonyl (C=O) groups is 4. The first-order valence-corrected chi connectivity index (χ1v) is 13.2. The van der Waals surface area contributed by atoms with Gasteiger partial charge in [-0.1, -0.05) is 12.1 Å². The van der Waals surface area contributed by atoms with Crippen molar-refractivity contribution in [3.05, 3.63) is 29.8 Å². The van der Waals surface area contributed by atoms with Gasteiger partial charge in [-0.2, -0.15) is 0 Å². The molecule has 1 fully saturated rings. The zero-order valence-corrected chi connectivity index (χ0v) is 22.6. The van der Waals surface area contributed by atoms with Crippen LogP contribution in [0, 0.1) is 0 Å². The largest absolute Gasteiger partial charge is 0.491 e. The summed E-state index contributed by atoms with van der Waals surface area (Å²) in [6, 6.07) is 6.96. The zero-order chi connectivity index (χ0) is 29.5. The minimum Gasteiger partial charge on any atom is -0.491 e. The van der Waals surface area contributed by atoms with E-state index in [-0.39, 0.29) is 39.2 Å². The van der Waals surface area contributed by atoms with Crippen LogP contribution < -0.4 is 4.74 Å². The van der Waals surface area contributed by atoms with E-state index in [1.54, 1.807) is 39.0 Å². The molecule has 0 saturated carbocycles. The van der Waals surface area contributed by atoms with Crippen molar-refractivity contribution in [1.82, 2.24) is 19.6 Å². The highest BCUT2D eigenvalue weighted by Gasteiger charge is 2.21. The van der Waals surface area contributed by atoms with Crippen molar-refractivity contribution in [2.24, 2.45) is 0 Å². The molecule has 0 amide bonds. The van der Waals surface area contributed by atoms with Crippen molar-refractivity contribution in [1.29, 1.82) is 0 Å². The summed E-state index contributed by atoms with van der Waals surface area (Å²) in [7, 11) is 0. The number of carboxylic acid groups (broad SMARTS) is 4. The van der Waals surface area contributed by atoms with Gasteiger partial charge >= 0.3 is 23.9 Å². The van der Waals surface area contributed by atoms with Crippen LogP contribution in [0.2, 0.25) is 0 Å². The van der Waals surface area contributed by atoms with E-state index < -0.39 is 30.0 Å². The highest BCUT2D eigenvalue weighted by Crippen LogP contribution is 2.14. The van der Waals surface area contributed by atoms with E-state index >= 15 is 0 Å². The maximum Gasteiger partial charge on any atom is 0.317 e. The van der Waals surface area contributed by atoms with Crippen LogP contribution in [0.4, 0.5) is 0 Å². The molecule has 14 nitrogen and oxygen atoms in total. The van der Waals surface area contributed by atoms with E-state index in [1.165, 1.54) is 0 Å². The number of aliphatic hydroxyl groups excluding tert-OH is 1. The monoisotopic (exact) mass is 568 g/mol. The fourth-order valence-electron chi connectivity index (χ4n) is 4.36. The Morgan fingerprint density at radius 3 is 1.43 bits per heavy atom. The summed E-state index contributed by atoms with van der Waals surface area (Å²) in [5.74, 6) is -3.37. The standard InChI is InChI=1S/C26H40N4O10/c31-21(19-40-22-4-1-20(2-5-22)3-6-23(32)33)15-27-7-9-28(16-24(34)35)11-13-30(18-26(38)39)14-12-29(10-8-27)17-25(36)37/h1-2,4-5,21,31H,3,6-19H2,(H,32,33)(H,34,35)(H,36,37)(H,38,39). The molecule has 1 heterocycles. The third-order valence-corrected chi connectivity index (χ3v) is 6.47. The average molecular weight is 569 g/mol. The van der Waals surface area contributed by atoms with Crippen molar-refractivity contribution in [2.45, 2.75) is 18.9 Å². The second kappa shape index (κ2) is 17.4. The van der Waals surface area contributed by atoms with Crippen LogP contribution in [0.25, 0.3) is 0 Å². The Bertz CT molecular complexity index is 929. The molecule has 1 aromatic carbocycles. The fraction of sp³-hybridized carbons (Fsp3) is 0.615. The SMILES string of the molecule is O=C(O)CCc1ccc(OCC(O)CN2CCN(CC(=O)O)CCN(CC(=O)O)CCN(CC(=O)O)CC2)cc1. The van der Waals surface area contributed by atoms with Crippen molar-refractivity contribution in [3.8, 4) is 5.75 Å². The zero-order valence-electron chi connectivity index (χ0n) is 22.6. The smallest absolute Gasteiger partial charge is 0.317 e. The molecule has 1 atom stereocenters. The molecule has 0 aromatic heterocycles. The van der Waals surface area contributed by atoms with E-state index in [0.717, 1.165) is 5.56 Å². The molecule has 224 valence electrons. The molecule has 1 saturated heterocycles. The number of rotatable bonds is 14. The molecule has 1 aliphatic heterocycles. The Morgan fingerprint density at radius 1 is 0.650 bits per heavy atom. The van der Waals surface area contributed by atoms with E-state index in [2.05, 4.69) is 0 Å². The molecule has 1 aliphatic rings. The van der Waals surface area contributed by atoms with Gasteiger partial charge in [0, 0.05) is 65.3 Å². The van der Waals surface area contributed by atoms with Gasteiger partial charge in [-0.3, -0.25) is 38.8 Å². The summed E-state index contributed by atoms with van der Waals surface area (Å²) < 4.78 is 5.70. The van der Waals surface area contributed by atoms with Crippen LogP contribution in [-0.2, 0) is 25.6 Å². The van der Waals surface area contributed by atoms with Gasteiger partial charge in [0.05, 0.1) is 19.6 Å². The van der Waals surface area contributed by atoms with Crippen LogP contribution in [0.5, 0.6) is 5.75 Å². The predicted molar refractivity (Wildman–Crippen MR) is 143 cm³/mol. The van der Waals surface area contributed by atoms with Gasteiger partial charge in [-0.25, -0.2) is 0 Å². The molecule has 0 spiro atoms. The second-order valence-electron chi connectivity index (χ2n) is 9.81. The summed E-state index contributed by atoms with van der Waals surface area (Å²) in [6.45, 7) is 2.34. The number of carboxylic acids is 4. The molecular formula is C26H40N4O10. The maximum atomic E-state index is 11.4. The average Bonchev–Trinajstić information content (AvgIpc) is 2.87. The van der Waals surface area contributed by atoms with Crippen LogP contribution >= 0.6 is 0 Å². The fourth-order valence-corrected chi connectivity index (χ4v) is 4.36. The second-order valence-corrected chi connectivity index (χ2v) is 9.81. The molecule has 0 bridgehead atoms. The highest BCUT2D eigenvalue weighted by molar-refractivity contribution is 5.70. The van der Waals surface area contributed by atoms with Gasteiger partial charge in [0.1, 0.15) is 18.5 Å². The lowest BCUT2D eigenvalue weighted by Crippen LogP contribution is -2.49. The maximum absolute atomic E-state index is 11.4. The Hall–Kier alpha value is -3.30. The van der Waals surface area contributed by atoms with E-state index in [1.807, 2.05) is 4.90 Å². The predicted octanol–water partition coefficient (Wildman–Crippen LogP) is -1.08. The molecule has 1 unspecified atom stereocenters. The van der Waals surface area contributed by atoms with E-state index in [9.17, 15) is 39.6 Å². The minimum absolute atomic E-state index is 0.00714. The number of β-amino-alcohol motifs (C(OH)–C–C–N with tert-alkyl or cyclic N) is 1. The first kappa shape index (κ1) is 32.9. The summed E-state index contributed by atoms with van der Waals surface area (Å²) in [5, 5.41) is 47.4. The molecule has 1 aromatic rings. The van der Waals surface area contributed by atoms with Gasteiger partial charge in [0.25, 0.3) is 0 Å². The highest BCUT2D eigenvalue weighted by atomic mass is 16.5. The number of ether oxygens (including phenoxy) is 1. The first-order valence-electron chi connectivity index (χ1n) is 13.2. The number of aliphatic carboxylic acids is 4. The summed E-state index contributed by atoms with van der Waals surface area (Å²) >= 11 is 0. The Morgan fingerprint density at radius 2 is 1.05 bits per heavy atom. The van der Waals surface area contributed by atoms with Gasteiger partial charge in [0.2, 0.25) is 0 Å². The first-order chi connectivity index (χ1) is 19.0. The van der Waals surface area contributed by atoms with Gasteiger partial charge in [0.15, 0.2) is 0 Å². The molecule has 0 aliphatic carbocycles. The third-order valence-electron chi connectivity index (χ3n) is 6.47. The molecular weight excluding hydrogens is 528 g/mol. The van der Waals surface area contributed by atoms with Crippen molar-refractivity contribution in [2.75, 3.05) is 85.1 Å². The van der Waals surface area contributed by atoms with Crippen LogP contribution in [0.15, 0.2) is 24.3 Å². The van der Waals surface area contributed by atoms with Crippen LogP contribution in [0.3, 0.4) is 0 Å². The topological polar surface area (TPSA) is 192 Å². The molecule has 2 rings (SSSR count). The number of hydrogen-bond acceptors (Lipinski definition) is 10. The van der Waals surface area contributed by atoms with Crippen molar-refractivity contribution < 1.29 is 49.4 Å². The molecule has 40 heavy (non-hydrogen) atoms. The van der Waals surface area contributed by atoms with Gasteiger partial charge < -0.3 is 30.3 Å². The quantitative estimate of drug-likeness (QED) is 0.182. The lowest BCUT2D eigenvalue weighted by molar-refractivity contribution is -0.140. The normalized spacial score (nSPS) is 17.8. The number of nitrogens with zero attached hydrogens (tertiary/aromatic N) is 4. The summed E-state index contributed by atoms with van der Waals surface area (Å²) in [5.41, 5.74) is 0.859. The lowest BCUT2D eigenvalue weighted by atomic mass is 10.1.